The van der Waals surface area contributed by atoms with E-state index in [4.69, 9.17) is 4.52 Å². The van der Waals surface area contributed by atoms with Crippen LogP contribution in [0.3, 0.4) is 0 Å². The van der Waals surface area contributed by atoms with E-state index in [0.717, 1.165) is 18.5 Å². The normalized spacial score (nSPS) is 14.1. The first-order valence-electron chi connectivity index (χ1n) is 7.68. The Morgan fingerprint density at radius 2 is 2.00 bits per heavy atom. The minimum atomic E-state index is -0.166. The highest BCUT2D eigenvalue weighted by Gasteiger charge is 2.22. The van der Waals surface area contributed by atoms with Gasteiger partial charge >= 0.3 is 6.03 Å². The van der Waals surface area contributed by atoms with Crippen molar-refractivity contribution >= 4 is 6.03 Å². The molecule has 0 bridgehead atoms. The van der Waals surface area contributed by atoms with Gasteiger partial charge in [-0.3, -0.25) is 0 Å². The molecule has 0 saturated heterocycles. The Bertz CT molecular complexity index is 638. The molecule has 1 aromatic carbocycles. The van der Waals surface area contributed by atoms with E-state index in [-0.39, 0.29) is 12.1 Å². The highest BCUT2D eigenvalue weighted by atomic mass is 16.5. The predicted molar refractivity (Wildman–Crippen MR) is 83.6 cm³/mol. The number of carbonyl (C=O) groups excluding carboxylic acids is 1. The number of nitrogens with one attached hydrogen (secondary N) is 2. The van der Waals surface area contributed by atoms with Gasteiger partial charge in [-0.15, -0.1) is 0 Å². The van der Waals surface area contributed by atoms with Crippen molar-refractivity contribution in [3.05, 3.63) is 52.9 Å². The van der Waals surface area contributed by atoms with Crippen molar-refractivity contribution in [3.8, 4) is 0 Å². The van der Waals surface area contributed by atoms with Crippen molar-refractivity contribution in [2.24, 2.45) is 0 Å². The zero-order valence-corrected chi connectivity index (χ0v) is 12.9. The monoisotopic (exact) mass is 299 g/mol. The second-order valence-electron chi connectivity index (χ2n) is 6.07. The molecule has 1 aliphatic carbocycles. The number of carbonyl (C=O) groups is 1. The fourth-order valence-corrected chi connectivity index (χ4v) is 2.75. The molecular formula is C17H21N3O2. The lowest BCUT2D eigenvalue weighted by molar-refractivity contribution is 0.235. The highest BCUT2D eigenvalue weighted by Crippen LogP contribution is 2.21. The fraction of sp³-hybridized carbons (Fsp3) is 0.412. The molecule has 5 heteroatoms. The summed E-state index contributed by atoms with van der Waals surface area (Å²) in [5.41, 5.74) is 3.55. The van der Waals surface area contributed by atoms with Crippen molar-refractivity contribution in [2.45, 2.75) is 45.2 Å². The molecule has 3 rings (SSSR count). The van der Waals surface area contributed by atoms with Gasteiger partial charge in [0, 0.05) is 12.1 Å². The van der Waals surface area contributed by atoms with Crippen LogP contribution in [-0.2, 0) is 19.4 Å². The molecule has 0 saturated carbocycles. The molecule has 2 aromatic rings. The van der Waals surface area contributed by atoms with Crippen LogP contribution in [0, 0.1) is 0 Å². The number of urea groups is 1. The van der Waals surface area contributed by atoms with Crippen LogP contribution in [0.4, 0.5) is 4.79 Å². The summed E-state index contributed by atoms with van der Waals surface area (Å²) in [6.45, 7) is 4.46. The first-order valence-corrected chi connectivity index (χ1v) is 7.68. The minimum Gasteiger partial charge on any atom is -0.359 e. The smallest absolute Gasteiger partial charge is 0.315 e. The van der Waals surface area contributed by atoms with Crippen molar-refractivity contribution in [3.63, 3.8) is 0 Å². The summed E-state index contributed by atoms with van der Waals surface area (Å²) in [4.78, 5) is 12.0. The van der Waals surface area contributed by atoms with Gasteiger partial charge in [0.15, 0.2) is 5.76 Å². The van der Waals surface area contributed by atoms with Crippen LogP contribution in [0.2, 0.25) is 0 Å². The van der Waals surface area contributed by atoms with Crippen LogP contribution in [0.1, 0.15) is 42.3 Å². The summed E-state index contributed by atoms with van der Waals surface area (Å²) in [5.74, 6) is 0.997. The molecule has 2 N–H and O–H groups in total. The van der Waals surface area contributed by atoms with Gasteiger partial charge in [-0.05, 0) is 29.9 Å². The molecule has 1 aliphatic rings. The average Bonchev–Trinajstić information content (AvgIpc) is 3.11. The quantitative estimate of drug-likeness (QED) is 0.912. The van der Waals surface area contributed by atoms with Gasteiger partial charge < -0.3 is 15.2 Å². The van der Waals surface area contributed by atoms with E-state index in [2.05, 4.69) is 41.8 Å². The van der Waals surface area contributed by atoms with Gasteiger partial charge in [0.05, 0.1) is 12.2 Å². The third-order valence-corrected chi connectivity index (χ3v) is 3.98. The molecule has 0 atom stereocenters. The second kappa shape index (κ2) is 6.22. The summed E-state index contributed by atoms with van der Waals surface area (Å²) in [6.07, 6.45) is 1.78. The molecule has 0 unspecified atom stereocenters. The van der Waals surface area contributed by atoms with Crippen LogP contribution in [0.25, 0.3) is 0 Å². The first kappa shape index (κ1) is 14.6. The molecule has 0 aliphatic heterocycles. The number of nitrogens with zero attached hydrogens (tertiary/aromatic N) is 1. The molecular weight excluding hydrogens is 278 g/mol. The maximum Gasteiger partial charge on any atom is 0.315 e. The molecule has 1 aromatic heterocycles. The highest BCUT2D eigenvalue weighted by molar-refractivity contribution is 5.74. The van der Waals surface area contributed by atoms with Gasteiger partial charge in [0.1, 0.15) is 0 Å². The van der Waals surface area contributed by atoms with E-state index in [0.29, 0.717) is 18.2 Å². The number of fused-ring (bicyclic) bond motifs is 1. The molecule has 0 spiro atoms. The van der Waals surface area contributed by atoms with Crippen molar-refractivity contribution in [2.75, 3.05) is 0 Å². The number of benzene rings is 1. The molecule has 0 fully saturated rings. The van der Waals surface area contributed by atoms with E-state index >= 15 is 0 Å². The van der Waals surface area contributed by atoms with E-state index in [9.17, 15) is 4.79 Å². The lowest BCUT2D eigenvalue weighted by Gasteiger charge is -2.12. The maximum atomic E-state index is 12.0. The van der Waals surface area contributed by atoms with Gasteiger partial charge in [-0.1, -0.05) is 43.3 Å². The van der Waals surface area contributed by atoms with Crippen molar-refractivity contribution in [1.29, 1.82) is 0 Å². The van der Waals surface area contributed by atoms with Crippen LogP contribution in [-0.4, -0.2) is 17.2 Å². The largest absolute Gasteiger partial charge is 0.359 e. The zero-order chi connectivity index (χ0) is 15.5. The summed E-state index contributed by atoms with van der Waals surface area (Å²) in [6, 6.07) is 10.2. The number of hydrogen-bond acceptors (Lipinski definition) is 3. The Balaban J connectivity index is 1.47. The lowest BCUT2D eigenvalue weighted by Crippen LogP contribution is -2.42. The van der Waals surface area contributed by atoms with Crippen molar-refractivity contribution < 1.29 is 9.32 Å². The SMILES string of the molecule is CC(C)c1cc(CNC(=O)NC2Cc3ccccc3C2)on1. The van der Waals surface area contributed by atoms with Crippen LogP contribution >= 0.6 is 0 Å². The molecule has 0 radical (unpaired) electrons. The third-order valence-electron chi connectivity index (χ3n) is 3.98. The van der Waals surface area contributed by atoms with Gasteiger partial charge in [-0.25, -0.2) is 4.79 Å². The van der Waals surface area contributed by atoms with Gasteiger partial charge in [-0.2, -0.15) is 0 Å². The summed E-state index contributed by atoms with van der Waals surface area (Å²) in [7, 11) is 0. The fourth-order valence-electron chi connectivity index (χ4n) is 2.75. The Kier molecular flexibility index (Phi) is 4.13. The molecule has 2 amide bonds. The number of rotatable bonds is 4. The van der Waals surface area contributed by atoms with E-state index < -0.39 is 0 Å². The van der Waals surface area contributed by atoms with Crippen molar-refractivity contribution in [1.82, 2.24) is 15.8 Å². The van der Waals surface area contributed by atoms with Gasteiger partial charge in [0.25, 0.3) is 0 Å². The van der Waals surface area contributed by atoms with E-state index in [1.54, 1.807) is 0 Å². The zero-order valence-electron chi connectivity index (χ0n) is 12.9. The molecule has 22 heavy (non-hydrogen) atoms. The Morgan fingerprint density at radius 3 is 2.59 bits per heavy atom. The van der Waals surface area contributed by atoms with E-state index in [1.165, 1.54) is 11.1 Å². The third kappa shape index (κ3) is 3.30. The topological polar surface area (TPSA) is 67.2 Å². The Labute approximate surface area is 130 Å². The molecule has 1 heterocycles. The minimum absolute atomic E-state index is 0.165. The Hall–Kier alpha value is -2.30. The molecule has 116 valence electrons. The first-order chi connectivity index (χ1) is 10.6. The summed E-state index contributed by atoms with van der Waals surface area (Å²) in [5, 5.41) is 9.81. The van der Waals surface area contributed by atoms with Gasteiger partial charge in [0.2, 0.25) is 0 Å². The summed E-state index contributed by atoms with van der Waals surface area (Å²) < 4.78 is 5.20. The molecule has 5 nitrogen and oxygen atoms in total. The lowest BCUT2D eigenvalue weighted by atomic mass is 10.1. The number of amides is 2. The average molecular weight is 299 g/mol. The van der Waals surface area contributed by atoms with Crippen LogP contribution in [0.5, 0.6) is 0 Å². The van der Waals surface area contributed by atoms with Crippen LogP contribution in [0.15, 0.2) is 34.9 Å². The number of aromatic nitrogens is 1. The predicted octanol–water partition coefficient (Wildman–Crippen LogP) is 2.76. The van der Waals surface area contributed by atoms with Crippen LogP contribution < -0.4 is 10.6 Å². The maximum absolute atomic E-state index is 12.0. The second-order valence-corrected chi connectivity index (χ2v) is 6.07. The standard InChI is InChI=1S/C17H21N3O2/c1-11(2)16-9-15(22-20-16)10-18-17(21)19-14-7-12-5-3-4-6-13(12)8-14/h3-6,9,11,14H,7-8,10H2,1-2H3,(H2,18,19,21). The van der Waals surface area contributed by atoms with E-state index in [1.807, 2.05) is 18.2 Å². The number of hydrogen-bond donors (Lipinski definition) is 2. The Morgan fingerprint density at radius 1 is 1.32 bits per heavy atom. The summed E-state index contributed by atoms with van der Waals surface area (Å²) >= 11 is 0.